The fourth-order valence-electron chi connectivity index (χ4n) is 5.63. The van der Waals surface area contributed by atoms with Gasteiger partial charge in [-0.1, -0.05) is 66.7 Å². The van der Waals surface area contributed by atoms with Crippen LogP contribution >= 0.6 is 0 Å². The van der Waals surface area contributed by atoms with Gasteiger partial charge >= 0.3 is 0 Å². The van der Waals surface area contributed by atoms with E-state index in [4.69, 9.17) is 0 Å². The lowest BCUT2D eigenvalue weighted by molar-refractivity contribution is 1.19. The van der Waals surface area contributed by atoms with Crippen molar-refractivity contribution >= 4 is 59.9 Å². The average Bonchev–Trinajstić information content (AvgIpc) is 3.52. The molecule has 148 valence electrons. The van der Waals surface area contributed by atoms with Gasteiger partial charge in [0.25, 0.3) is 0 Å². The van der Waals surface area contributed by atoms with Gasteiger partial charge in [0.1, 0.15) is 6.33 Å². The first-order chi connectivity index (χ1) is 15.9. The van der Waals surface area contributed by atoms with Crippen LogP contribution < -0.4 is 0 Å². The van der Waals surface area contributed by atoms with Crippen molar-refractivity contribution in [2.24, 2.45) is 0 Å². The third-order valence-electron chi connectivity index (χ3n) is 6.91. The van der Waals surface area contributed by atoms with Gasteiger partial charge in [-0.3, -0.25) is 4.40 Å². The summed E-state index contributed by atoms with van der Waals surface area (Å²) in [6, 6.07) is 34.9. The summed E-state index contributed by atoms with van der Waals surface area (Å²) in [6.07, 6.45) is 1.96. The molecule has 0 unspecified atom stereocenters. The Morgan fingerprint density at radius 1 is 0.531 bits per heavy atom. The summed E-state index contributed by atoms with van der Waals surface area (Å²) < 4.78 is 4.68. The fraction of sp³-hybridized carbons (Fsp3) is 0. The molecule has 0 N–H and O–H groups in total. The molecule has 3 aromatic heterocycles. The third-order valence-corrected chi connectivity index (χ3v) is 6.91. The molecule has 8 rings (SSSR count). The minimum Gasteiger partial charge on any atom is -0.309 e. The van der Waals surface area contributed by atoms with Crippen LogP contribution in [0.4, 0.5) is 0 Å². The fourth-order valence-corrected chi connectivity index (χ4v) is 5.63. The van der Waals surface area contributed by atoms with Gasteiger partial charge in [0, 0.05) is 27.2 Å². The van der Waals surface area contributed by atoms with Crippen LogP contribution in [0, 0.1) is 0 Å². The molecule has 0 atom stereocenters. The van der Waals surface area contributed by atoms with E-state index < -0.39 is 0 Å². The molecule has 0 saturated carbocycles. The third kappa shape index (κ3) is 1.85. The van der Waals surface area contributed by atoms with Crippen molar-refractivity contribution in [3.63, 3.8) is 0 Å². The molecule has 0 aliphatic carbocycles. The number of para-hydroxylation sites is 2. The van der Waals surface area contributed by atoms with Crippen LogP contribution in [-0.4, -0.2) is 14.0 Å². The zero-order valence-electron chi connectivity index (χ0n) is 17.2. The van der Waals surface area contributed by atoms with Crippen LogP contribution in [0.2, 0.25) is 0 Å². The number of hydrogen-bond acceptors (Lipinski definition) is 1. The molecule has 3 heteroatoms. The number of nitrogens with zero attached hydrogens (tertiary/aromatic N) is 3. The SMILES string of the molecule is c1ccc(-n2c3ccc4ccccc4c3c3ccc4c(c5cccc6ncn4c65)c32)cc1. The molecule has 3 nitrogen and oxygen atoms in total. The van der Waals surface area contributed by atoms with Gasteiger partial charge in [0.05, 0.1) is 27.6 Å². The highest BCUT2D eigenvalue weighted by Crippen LogP contribution is 2.43. The lowest BCUT2D eigenvalue weighted by atomic mass is 10.0. The minimum atomic E-state index is 1.04. The Kier molecular flexibility index (Phi) is 2.89. The molecule has 0 fully saturated rings. The lowest BCUT2D eigenvalue weighted by Crippen LogP contribution is -1.93. The number of imidazole rings is 1. The highest BCUT2D eigenvalue weighted by Gasteiger charge is 2.21. The van der Waals surface area contributed by atoms with E-state index in [0.717, 1.165) is 5.52 Å². The number of fused-ring (bicyclic) bond motifs is 9. The molecular formula is C29H17N3. The molecule has 8 aromatic rings. The molecule has 0 bridgehead atoms. The number of hydrogen-bond donors (Lipinski definition) is 0. The van der Waals surface area contributed by atoms with E-state index in [2.05, 4.69) is 111 Å². The maximum atomic E-state index is 4.63. The molecule has 0 aliphatic rings. The van der Waals surface area contributed by atoms with Gasteiger partial charge in [-0.25, -0.2) is 4.98 Å². The summed E-state index contributed by atoms with van der Waals surface area (Å²) >= 11 is 0. The highest BCUT2D eigenvalue weighted by molar-refractivity contribution is 6.30. The summed E-state index contributed by atoms with van der Waals surface area (Å²) in [4.78, 5) is 4.63. The van der Waals surface area contributed by atoms with Crippen LogP contribution in [0.25, 0.3) is 65.6 Å². The van der Waals surface area contributed by atoms with Crippen molar-refractivity contribution in [2.75, 3.05) is 0 Å². The lowest BCUT2D eigenvalue weighted by Gasteiger charge is -2.09. The number of rotatable bonds is 1. The van der Waals surface area contributed by atoms with Gasteiger partial charge in [-0.15, -0.1) is 0 Å². The zero-order chi connectivity index (χ0) is 20.8. The zero-order valence-corrected chi connectivity index (χ0v) is 17.2. The maximum absolute atomic E-state index is 4.63. The average molecular weight is 407 g/mol. The second kappa shape index (κ2) is 5.65. The van der Waals surface area contributed by atoms with Crippen LogP contribution in [0.3, 0.4) is 0 Å². The first kappa shape index (κ1) is 16.3. The Morgan fingerprint density at radius 3 is 2.25 bits per heavy atom. The molecule has 0 spiro atoms. The second-order valence-electron chi connectivity index (χ2n) is 8.50. The van der Waals surface area contributed by atoms with Crippen molar-refractivity contribution in [2.45, 2.75) is 0 Å². The summed E-state index contributed by atoms with van der Waals surface area (Å²) in [5, 5.41) is 7.70. The van der Waals surface area contributed by atoms with Crippen LogP contribution in [0.15, 0.2) is 103 Å². The van der Waals surface area contributed by atoms with Crippen molar-refractivity contribution in [3.05, 3.63) is 103 Å². The molecule has 0 radical (unpaired) electrons. The first-order valence-corrected chi connectivity index (χ1v) is 10.9. The van der Waals surface area contributed by atoms with Crippen LogP contribution in [0.1, 0.15) is 0 Å². The number of benzene rings is 5. The molecule has 32 heavy (non-hydrogen) atoms. The predicted octanol–water partition coefficient (Wildman–Crippen LogP) is 7.33. The van der Waals surface area contributed by atoms with E-state index in [0.29, 0.717) is 0 Å². The van der Waals surface area contributed by atoms with E-state index in [1.165, 1.54) is 60.1 Å². The molecular weight excluding hydrogens is 390 g/mol. The smallest absolute Gasteiger partial charge is 0.100 e. The van der Waals surface area contributed by atoms with Gasteiger partial charge < -0.3 is 4.57 Å². The van der Waals surface area contributed by atoms with Gasteiger partial charge in [-0.05, 0) is 41.1 Å². The molecule has 0 saturated heterocycles. The van der Waals surface area contributed by atoms with Crippen molar-refractivity contribution < 1.29 is 0 Å². The second-order valence-corrected chi connectivity index (χ2v) is 8.50. The Balaban J connectivity index is 1.74. The minimum absolute atomic E-state index is 1.04. The van der Waals surface area contributed by atoms with E-state index in [9.17, 15) is 0 Å². The first-order valence-electron chi connectivity index (χ1n) is 10.9. The normalized spacial score (nSPS) is 12.4. The summed E-state index contributed by atoms with van der Waals surface area (Å²) in [7, 11) is 0. The molecule has 5 aromatic carbocycles. The van der Waals surface area contributed by atoms with Gasteiger partial charge in [-0.2, -0.15) is 0 Å². The summed E-state index contributed by atoms with van der Waals surface area (Å²) in [5.74, 6) is 0. The topological polar surface area (TPSA) is 22.2 Å². The summed E-state index contributed by atoms with van der Waals surface area (Å²) in [6.45, 7) is 0. The van der Waals surface area contributed by atoms with Crippen molar-refractivity contribution in [1.82, 2.24) is 14.0 Å². The van der Waals surface area contributed by atoms with E-state index >= 15 is 0 Å². The quantitative estimate of drug-likeness (QED) is 0.279. The molecule has 0 amide bonds. The van der Waals surface area contributed by atoms with Crippen molar-refractivity contribution in [3.8, 4) is 5.69 Å². The number of aromatic nitrogens is 3. The Hall–Kier alpha value is -4.37. The Morgan fingerprint density at radius 2 is 1.31 bits per heavy atom. The Bertz CT molecular complexity index is 1970. The molecule has 3 heterocycles. The molecule has 0 aliphatic heterocycles. The van der Waals surface area contributed by atoms with E-state index in [-0.39, 0.29) is 0 Å². The van der Waals surface area contributed by atoms with E-state index in [1.807, 2.05) is 6.33 Å². The maximum Gasteiger partial charge on any atom is 0.100 e. The predicted molar refractivity (Wildman–Crippen MR) is 133 cm³/mol. The van der Waals surface area contributed by atoms with Gasteiger partial charge in [0.15, 0.2) is 0 Å². The van der Waals surface area contributed by atoms with Crippen LogP contribution in [0.5, 0.6) is 0 Å². The van der Waals surface area contributed by atoms with Crippen LogP contribution in [-0.2, 0) is 0 Å². The largest absolute Gasteiger partial charge is 0.309 e. The van der Waals surface area contributed by atoms with Gasteiger partial charge in [0.2, 0.25) is 0 Å². The summed E-state index contributed by atoms with van der Waals surface area (Å²) in [5.41, 5.74) is 7.12. The Labute approximate surface area is 183 Å². The van der Waals surface area contributed by atoms with Crippen molar-refractivity contribution in [1.29, 1.82) is 0 Å². The van der Waals surface area contributed by atoms with E-state index in [1.54, 1.807) is 0 Å². The highest BCUT2D eigenvalue weighted by atomic mass is 15.0. The standard InChI is InChI=1S/C29H17N3/c1-2-8-19(9-3-1)32-25-15-13-18-7-4-5-10-20(18)26(25)22-14-16-24-27(29(22)32)21-11-6-12-23-28(21)31(24)17-30-23/h1-17H. The monoisotopic (exact) mass is 407 g/mol.